The summed E-state index contributed by atoms with van der Waals surface area (Å²) in [6, 6.07) is 14.8. The molecule has 0 bridgehead atoms. The molecule has 1 aliphatic heterocycles. The normalized spacial score (nSPS) is 16.8. The third-order valence-electron chi connectivity index (χ3n) is 4.58. The maximum atomic E-state index is 12.9. The Morgan fingerprint density at radius 3 is 2.62 bits per heavy atom. The molecule has 3 rings (SSSR count). The fraction of sp³-hybridized carbons (Fsp3) is 0.300. The van der Waals surface area contributed by atoms with E-state index in [-0.39, 0.29) is 24.2 Å². The molecule has 26 heavy (non-hydrogen) atoms. The van der Waals surface area contributed by atoms with Crippen molar-refractivity contribution in [2.45, 2.75) is 19.9 Å². The summed E-state index contributed by atoms with van der Waals surface area (Å²) in [7, 11) is 0. The SMILES string of the molecule is CCN(Cc1ccccc1)C(=O)C1CC(=O)N(c2cc(Cl)ccc2Cl)C1. The number of nitrogens with zero attached hydrogens (tertiary/aromatic N) is 2. The second kappa shape index (κ2) is 8.11. The Balaban J connectivity index is 1.74. The van der Waals surface area contributed by atoms with E-state index in [1.165, 1.54) is 0 Å². The lowest BCUT2D eigenvalue weighted by molar-refractivity contribution is -0.136. The molecule has 0 aromatic heterocycles. The average molecular weight is 391 g/mol. The van der Waals surface area contributed by atoms with Crippen LogP contribution in [0.3, 0.4) is 0 Å². The molecule has 1 atom stereocenters. The third-order valence-corrected chi connectivity index (χ3v) is 5.14. The van der Waals surface area contributed by atoms with Gasteiger partial charge in [0.25, 0.3) is 0 Å². The van der Waals surface area contributed by atoms with Crippen molar-refractivity contribution in [1.29, 1.82) is 0 Å². The first-order valence-corrected chi connectivity index (χ1v) is 9.33. The van der Waals surface area contributed by atoms with Crippen molar-refractivity contribution in [3.8, 4) is 0 Å². The first-order valence-electron chi connectivity index (χ1n) is 8.57. The van der Waals surface area contributed by atoms with Gasteiger partial charge in [0, 0.05) is 31.1 Å². The zero-order valence-corrected chi connectivity index (χ0v) is 16.0. The Morgan fingerprint density at radius 2 is 1.92 bits per heavy atom. The van der Waals surface area contributed by atoms with Crippen molar-refractivity contribution in [2.24, 2.45) is 5.92 Å². The topological polar surface area (TPSA) is 40.6 Å². The highest BCUT2D eigenvalue weighted by molar-refractivity contribution is 6.35. The minimum atomic E-state index is -0.374. The van der Waals surface area contributed by atoms with Crippen LogP contribution >= 0.6 is 23.2 Å². The van der Waals surface area contributed by atoms with Crippen molar-refractivity contribution in [3.05, 3.63) is 64.1 Å². The van der Waals surface area contributed by atoms with Gasteiger partial charge in [0.15, 0.2) is 0 Å². The van der Waals surface area contributed by atoms with E-state index >= 15 is 0 Å². The van der Waals surface area contributed by atoms with E-state index in [4.69, 9.17) is 23.2 Å². The number of benzene rings is 2. The maximum absolute atomic E-state index is 12.9. The fourth-order valence-corrected chi connectivity index (χ4v) is 3.59. The lowest BCUT2D eigenvalue weighted by Crippen LogP contribution is -2.37. The molecule has 1 fully saturated rings. The van der Waals surface area contributed by atoms with E-state index in [9.17, 15) is 9.59 Å². The van der Waals surface area contributed by atoms with Gasteiger partial charge in [-0.3, -0.25) is 9.59 Å². The Labute approximate surface area is 163 Å². The quantitative estimate of drug-likeness (QED) is 0.758. The number of rotatable bonds is 5. The second-order valence-electron chi connectivity index (χ2n) is 6.34. The van der Waals surface area contributed by atoms with Crippen molar-refractivity contribution >= 4 is 40.7 Å². The molecule has 1 heterocycles. The maximum Gasteiger partial charge on any atom is 0.228 e. The summed E-state index contributed by atoms with van der Waals surface area (Å²) in [4.78, 5) is 28.8. The summed E-state index contributed by atoms with van der Waals surface area (Å²) in [6.45, 7) is 3.40. The fourth-order valence-electron chi connectivity index (χ4n) is 3.21. The van der Waals surface area contributed by atoms with Crippen LogP contribution in [0.25, 0.3) is 0 Å². The van der Waals surface area contributed by atoms with Crippen LogP contribution in [-0.2, 0) is 16.1 Å². The predicted molar refractivity (Wildman–Crippen MR) is 104 cm³/mol. The lowest BCUT2D eigenvalue weighted by atomic mass is 10.1. The van der Waals surface area contributed by atoms with Gasteiger partial charge in [-0.05, 0) is 30.7 Å². The largest absolute Gasteiger partial charge is 0.338 e. The van der Waals surface area contributed by atoms with Gasteiger partial charge in [0.1, 0.15) is 0 Å². The van der Waals surface area contributed by atoms with Crippen molar-refractivity contribution in [1.82, 2.24) is 4.90 Å². The zero-order valence-electron chi connectivity index (χ0n) is 14.5. The van der Waals surface area contributed by atoms with Crippen LogP contribution < -0.4 is 4.90 Å². The van der Waals surface area contributed by atoms with Crippen molar-refractivity contribution < 1.29 is 9.59 Å². The van der Waals surface area contributed by atoms with Gasteiger partial charge >= 0.3 is 0 Å². The zero-order chi connectivity index (χ0) is 18.7. The summed E-state index contributed by atoms with van der Waals surface area (Å²) in [5.74, 6) is -0.491. The molecule has 1 aliphatic rings. The Morgan fingerprint density at radius 1 is 1.19 bits per heavy atom. The van der Waals surface area contributed by atoms with Crippen LogP contribution in [0.4, 0.5) is 5.69 Å². The summed E-state index contributed by atoms with van der Waals surface area (Å²) < 4.78 is 0. The van der Waals surface area contributed by atoms with Gasteiger partial charge in [-0.1, -0.05) is 53.5 Å². The van der Waals surface area contributed by atoms with Gasteiger partial charge < -0.3 is 9.80 Å². The van der Waals surface area contributed by atoms with Crippen LogP contribution in [0, 0.1) is 5.92 Å². The molecule has 6 heteroatoms. The van der Waals surface area contributed by atoms with E-state index < -0.39 is 0 Å². The lowest BCUT2D eigenvalue weighted by Gasteiger charge is -2.24. The number of amides is 2. The Kier molecular flexibility index (Phi) is 5.84. The van der Waals surface area contributed by atoms with Crippen LogP contribution in [0.2, 0.25) is 10.0 Å². The van der Waals surface area contributed by atoms with Crippen LogP contribution in [0.5, 0.6) is 0 Å². The standard InChI is InChI=1S/C20H20Cl2N2O2/c1-2-23(12-14-6-4-3-5-7-14)20(26)15-10-19(25)24(13-15)18-11-16(21)8-9-17(18)22/h3-9,11,15H,2,10,12-13H2,1H3. The summed E-state index contributed by atoms with van der Waals surface area (Å²) in [5.41, 5.74) is 1.63. The molecule has 0 aliphatic carbocycles. The minimum Gasteiger partial charge on any atom is -0.338 e. The average Bonchev–Trinajstić information content (AvgIpc) is 3.03. The highest BCUT2D eigenvalue weighted by atomic mass is 35.5. The van der Waals surface area contributed by atoms with Crippen molar-refractivity contribution in [2.75, 3.05) is 18.0 Å². The summed E-state index contributed by atoms with van der Waals surface area (Å²) in [5, 5.41) is 0.957. The van der Waals surface area contributed by atoms with Gasteiger partial charge in [-0.2, -0.15) is 0 Å². The molecule has 1 unspecified atom stereocenters. The van der Waals surface area contributed by atoms with Gasteiger partial charge in [0.2, 0.25) is 11.8 Å². The number of anilines is 1. The minimum absolute atomic E-state index is 0.00893. The van der Waals surface area contributed by atoms with E-state index in [0.717, 1.165) is 5.56 Å². The van der Waals surface area contributed by atoms with Gasteiger partial charge in [-0.15, -0.1) is 0 Å². The molecule has 2 aromatic carbocycles. The number of hydrogen-bond donors (Lipinski definition) is 0. The second-order valence-corrected chi connectivity index (χ2v) is 7.18. The number of carbonyl (C=O) groups excluding carboxylic acids is 2. The number of halogens is 2. The summed E-state index contributed by atoms with van der Waals surface area (Å²) >= 11 is 12.3. The smallest absolute Gasteiger partial charge is 0.228 e. The van der Waals surface area contributed by atoms with E-state index in [0.29, 0.717) is 35.4 Å². The molecule has 2 aromatic rings. The Hall–Kier alpha value is -2.04. The molecule has 1 saturated heterocycles. The first-order chi connectivity index (χ1) is 12.5. The molecule has 0 saturated carbocycles. The van der Waals surface area contributed by atoms with Crippen LogP contribution in [0.15, 0.2) is 48.5 Å². The van der Waals surface area contributed by atoms with Gasteiger partial charge in [-0.25, -0.2) is 0 Å². The molecule has 136 valence electrons. The van der Waals surface area contributed by atoms with Crippen LogP contribution in [0.1, 0.15) is 18.9 Å². The predicted octanol–water partition coefficient (Wildman–Crippen LogP) is 4.40. The highest BCUT2D eigenvalue weighted by Gasteiger charge is 2.37. The molecular formula is C20H20Cl2N2O2. The highest BCUT2D eigenvalue weighted by Crippen LogP contribution is 2.34. The molecule has 0 spiro atoms. The Bertz CT molecular complexity index is 811. The third kappa shape index (κ3) is 4.02. The molecule has 0 radical (unpaired) electrons. The monoisotopic (exact) mass is 390 g/mol. The molecular weight excluding hydrogens is 371 g/mol. The molecule has 2 amide bonds. The number of carbonyl (C=O) groups is 2. The van der Waals surface area contributed by atoms with Crippen LogP contribution in [-0.4, -0.2) is 29.8 Å². The summed E-state index contributed by atoms with van der Waals surface area (Å²) in [6.07, 6.45) is 0.187. The van der Waals surface area contributed by atoms with E-state index in [2.05, 4.69) is 0 Å². The molecule has 4 nitrogen and oxygen atoms in total. The van der Waals surface area contributed by atoms with Gasteiger partial charge in [0.05, 0.1) is 16.6 Å². The van der Waals surface area contributed by atoms with E-state index in [1.807, 2.05) is 37.3 Å². The van der Waals surface area contributed by atoms with E-state index in [1.54, 1.807) is 28.0 Å². The first kappa shape index (κ1) is 18.7. The van der Waals surface area contributed by atoms with Crippen molar-refractivity contribution in [3.63, 3.8) is 0 Å². The number of hydrogen-bond acceptors (Lipinski definition) is 2. The molecule has 0 N–H and O–H groups in total.